The fraction of sp³-hybridized carbons (Fsp3) is 0.188. The van der Waals surface area contributed by atoms with Crippen LogP contribution in [-0.2, 0) is 11.8 Å². The Hall–Kier alpha value is -5.07. The largest absolute Gasteiger partial charge is 0.444 e. The van der Waals surface area contributed by atoms with E-state index >= 15 is 0 Å². The number of anilines is 2. The number of alkyl carbamates (subject to hydrolysis) is 1. The fourth-order valence-corrected chi connectivity index (χ4v) is 4.02. The van der Waals surface area contributed by atoms with Gasteiger partial charge in [-0.1, -0.05) is 53.8 Å². The zero-order chi connectivity index (χ0) is 30.3. The van der Waals surface area contributed by atoms with E-state index in [4.69, 9.17) is 16.3 Å². The first kappa shape index (κ1) is 29.9. The van der Waals surface area contributed by atoms with Crippen LogP contribution in [0.4, 0.5) is 16.3 Å². The van der Waals surface area contributed by atoms with Gasteiger partial charge < -0.3 is 20.7 Å². The van der Waals surface area contributed by atoms with E-state index in [2.05, 4.69) is 32.9 Å². The van der Waals surface area contributed by atoms with Crippen molar-refractivity contribution in [3.05, 3.63) is 101 Å². The van der Waals surface area contributed by atoms with Crippen molar-refractivity contribution in [1.82, 2.24) is 15.1 Å². The van der Waals surface area contributed by atoms with Crippen LogP contribution in [0.2, 0.25) is 5.02 Å². The van der Waals surface area contributed by atoms with E-state index in [1.54, 1.807) is 99.2 Å². The number of ether oxygens (including phenoxy) is 1. The normalized spacial score (nSPS) is 10.7. The highest BCUT2D eigenvalue weighted by Gasteiger charge is 2.16. The van der Waals surface area contributed by atoms with Gasteiger partial charge in [-0.05, 0) is 63.2 Å². The second-order valence-corrected chi connectivity index (χ2v) is 10.6. The smallest absolute Gasteiger partial charge is 0.408 e. The number of carbonyl (C=O) groups excluding carboxylic acids is 3. The van der Waals surface area contributed by atoms with Crippen LogP contribution >= 0.6 is 11.6 Å². The Balaban J connectivity index is 1.37. The minimum Gasteiger partial charge on any atom is -0.444 e. The number of halogens is 1. The Morgan fingerprint density at radius 3 is 2.38 bits per heavy atom. The van der Waals surface area contributed by atoms with E-state index in [1.165, 1.54) is 0 Å². The highest BCUT2D eigenvalue weighted by molar-refractivity contribution is 6.34. The lowest BCUT2D eigenvalue weighted by molar-refractivity contribution is 0.0534. The van der Waals surface area contributed by atoms with E-state index < -0.39 is 11.7 Å². The molecule has 3 aromatic carbocycles. The van der Waals surface area contributed by atoms with Gasteiger partial charge in [-0.3, -0.25) is 14.3 Å². The van der Waals surface area contributed by atoms with Crippen LogP contribution in [-0.4, -0.2) is 39.8 Å². The molecule has 0 aliphatic heterocycles. The third-order valence-corrected chi connectivity index (χ3v) is 6.09. The predicted molar refractivity (Wildman–Crippen MR) is 164 cm³/mol. The summed E-state index contributed by atoms with van der Waals surface area (Å²) in [5.74, 6) is 5.67. The summed E-state index contributed by atoms with van der Waals surface area (Å²) < 4.78 is 6.75. The van der Waals surface area contributed by atoms with Gasteiger partial charge in [0.15, 0.2) is 0 Å². The fourth-order valence-electron chi connectivity index (χ4n) is 3.80. The van der Waals surface area contributed by atoms with Crippen molar-refractivity contribution in [1.29, 1.82) is 0 Å². The third kappa shape index (κ3) is 8.22. The Labute approximate surface area is 249 Å². The van der Waals surface area contributed by atoms with Crippen molar-refractivity contribution < 1.29 is 19.1 Å². The maximum absolute atomic E-state index is 13.0. The standard InChI is InChI=1S/C32H30ClN5O4/c1-32(2,3)42-31(41)34-18-8-10-21-9-7-11-23(19-21)29(39)36-28-20-27(37-38(28)4)22-14-16-24(17-15-22)35-30(40)25-12-5-6-13-26(25)33/h5-7,9,11-17,19-20H,18H2,1-4H3,(H,34,41)(H,35,40)(H,36,39). The molecule has 0 fully saturated rings. The van der Waals surface area contributed by atoms with Gasteiger partial charge in [-0.15, -0.1) is 0 Å². The van der Waals surface area contributed by atoms with Crippen LogP contribution in [0.1, 0.15) is 47.1 Å². The molecule has 4 aromatic rings. The molecular weight excluding hydrogens is 554 g/mol. The minimum absolute atomic E-state index is 0.109. The van der Waals surface area contributed by atoms with E-state index in [1.807, 2.05) is 12.1 Å². The summed E-state index contributed by atoms with van der Waals surface area (Å²) in [6, 6.07) is 22.7. The summed E-state index contributed by atoms with van der Waals surface area (Å²) in [5, 5.41) is 13.2. The SMILES string of the molecule is Cn1nc(-c2ccc(NC(=O)c3ccccc3Cl)cc2)cc1NC(=O)c1cccc(C#CCNC(=O)OC(C)(C)C)c1. The number of rotatable bonds is 6. The van der Waals surface area contributed by atoms with Gasteiger partial charge in [-0.2, -0.15) is 5.10 Å². The van der Waals surface area contributed by atoms with E-state index in [0.717, 1.165) is 5.56 Å². The maximum Gasteiger partial charge on any atom is 0.408 e. The lowest BCUT2D eigenvalue weighted by Gasteiger charge is -2.18. The monoisotopic (exact) mass is 583 g/mol. The maximum atomic E-state index is 13.0. The lowest BCUT2D eigenvalue weighted by atomic mass is 10.1. The highest BCUT2D eigenvalue weighted by Crippen LogP contribution is 2.24. The van der Waals surface area contributed by atoms with Crippen LogP contribution in [0.5, 0.6) is 0 Å². The van der Waals surface area contributed by atoms with Crippen LogP contribution in [0.15, 0.2) is 78.9 Å². The van der Waals surface area contributed by atoms with Crippen LogP contribution < -0.4 is 16.0 Å². The summed E-state index contributed by atoms with van der Waals surface area (Å²) in [5.41, 5.74) is 2.91. The Bertz CT molecular complexity index is 1680. The summed E-state index contributed by atoms with van der Waals surface area (Å²) >= 11 is 6.12. The number of aromatic nitrogens is 2. The highest BCUT2D eigenvalue weighted by atomic mass is 35.5. The number of hydrogen-bond donors (Lipinski definition) is 3. The molecule has 0 radical (unpaired) electrons. The zero-order valence-corrected chi connectivity index (χ0v) is 24.4. The first-order valence-electron chi connectivity index (χ1n) is 13.1. The number of carbonyl (C=O) groups is 3. The van der Waals surface area contributed by atoms with Crippen molar-refractivity contribution in [2.24, 2.45) is 7.05 Å². The Morgan fingerprint density at radius 2 is 1.67 bits per heavy atom. The summed E-state index contributed by atoms with van der Waals surface area (Å²) in [7, 11) is 1.73. The number of aryl methyl sites for hydroxylation is 1. The van der Waals surface area contributed by atoms with Crippen molar-refractivity contribution >= 4 is 41.0 Å². The van der Waals surface area contributed by atoms with Crippen molar-refractivity contribution in [2.75, 3.05) is 17.2 Å². The van der Waals surface area contributed by atoms with Gasteiger partial charge in [0, 0.05) is 35.5 Å². The second kappa shape index (κ2) is 13.1. The third-order valence-electron chi connectivity index (χ3n) is 5.76. The van der Waals surface area contributed by atoms with E-state index in [0.29, 0.717) is 38.9 Å². The summed E-state index contributed by atoms with van der Waals surface area (Å²) in [4.78, 5) is 37.3. The number of hydrogen-bond acceptors (Lipinski definition) is 5. The number of amides is 3. The average Bonchev–Trinajstić information content (AvgIpc) is 3.30. The van der Waals surface area contributed by atoms with E-state index in [9.17, 15) is 14.4 Å². The van der Waals surface area contributed by atoms with Crippen LogP contribution in [0.25, 0.3) is 11.3 Å². The molecule has 1 heterocycles. The lowest BCUT2D eigenvalue weighted by Crippen LogP contribution is -2.32. The number of nitrogens with one attached hydrogen (secondary N) is 3. The van der Waals surface area contributed by atoms with Gasteiger partial charge in [0.25, 0.3) is 11.8 Å². The molecule has 0 unspecified atom stereocenters. The molecule has 0 spiro atoms. The molecule has 3 amide bonds. The molecule has 0 aliphatic rings. The molecule has 4 rings (SSSR count). The van der Waals surface area contributed by atoms with Gasteiger partial charge in [0.05, 0.1) is 22.8 Å². The van der Waals surface area contributed by atoms with Crippen molar-refractivity contribution in [2.45, 2.75) is 26.4 Å². The van der Waals surface area contributed by atoms with Gasteiger partial charge in [0.2, 0.25) is 0 Å². The van der Waals surface area contributed by atoms with Gasteiger partial charge >= 0.3 is 6.09 Å². The van der Waals surface area contributed by atoms with Crippen molar-refractivity contribution in [3.8, 4) is 23.1 Å². The molecule has 1 aromatic heterocycles. The first-order valence-corrected chi connectivity index (χ1v) is 13.4. The molecule has 42 heavy (non-hydrogen) atoms. The molecule has 0 saturated carbocycles. The summed E-state index contributed by atoms with van der Waals surface area (Å²) in [6.07, 6.45) is -0.545. The second-order valence-electron chi connectivity index (χ2n) is 10.2. The molecule has 0 bridgehead atoms. The first-order chi connectivity index (χ1) is 20.0. The Kier molecular flexibility index (Phi) is 9.30. The average molecular weight is 584 g/mol. The Morgan fingerprint density at radius 1 is 0.929 bits per heavy atom. The molecule has 0 saturated heterocycles. The van der Waals surface area contributed by atoms with Gasteiger partial charge in [-0.25, -0.2) is 4.79 Å². The molecule has 214 valence electrons. The minimum atomic E-state index is -0.587. The van der Waals surface area contributed by atoms with Crippen LogP contribution in [0, 0.1) is 11.8 Å². The predicted octanol–water partition coefficient (Wildman–Crippen LogP) is 6.12. The molecular formula is C32H30ClN5O4. The van der Waals surface area contributed by atoms with Crippen molar-refractivity contribution in [3.63, 3.8) is 0 Å². The molecule has 0 aliphatic carbocycles. The van der Waals surface area contributed by atoms with E-state index in [-0.39, 0.29) is 18.4 Å². The zero-order valence-electron chi connectivity index (χ0n) is 23.6. The quantitative estimate of drug-likeness (QED) is 0.237. The topological polar surface area (TPSA) is 114 Å². The molecule has 10 heteroatoms. The molecule has 9 nitrogen and oxygen atoms in total. The number of benzene rings is 3. The van der Waals surface area contributed by atoms with Gasteiger partial charge in [0.1, 0.15) is 11.4 Å². The number of nitrogens with zero attached hydrogens (tertiary/aromatic N) is 2. The molecule has 0 atom stereocenters. The van der Waals surface area contributed by atoms with Crippen LogP contribution in [0.3, 0.4) is 0 Å². The summed E-state index contributed by atoms with van der Waals surface area (Å²) in [6.45, 7) is 5.46. The molecule has 3 N–H and O–H groups in total.